The van der Waals surface area contributed by atoms with E-state index in [0.717, 1.165) is 12.1 Å². The summed E-state index contributed by atoms with van der Waals surface area (Å²) in [6, 6.07) is 1.84. The van der Waals surface area contributed by atoms with Gasteiger partial charge in [0.1, 0.15) is 5.69 Å². The molecule has 1 aromatic heterocycles. The van der Waals surface area contributed by atoms with Crippen LogP contribution in [0.4, 0.5) is 0 Å². The zero-order valence-electron chi connectivity index (χ0n) is 9.87. The van der Waals surface area contributed by atoms with Crippen molar-refractivity contribution in [2.75, 3.05) is 6.54 Å². The monoisotopic (exact) mass is 209 g/mol. The molecular formula is C11H19N3O. The van der Waals surface area contributed by atoms with Crippen LogP contribution in [0, 0.1) is 5.92 Å². The third-order valence-corrected chi connectivity index (χ3v) is 2.20. The molecule has 1 heterocycles. The number of rotatable bonds is 4. The van der Waals surface area contributed by atoms with E-state index in [1.165, 1.54) is 0 Å². The second-order valence-corrected chi connectivity index (χ2v) is 4.10. The van der Waals surface area contributed by atoms with Crippen LogP contribution in [-0.2, 0) is 13.5 Å². The van der Waals surface area contributed by atoms with Crippen LogP contribution in [0.2, 0.25) is 0 Å². The highest BCUT2D eigenvalue weighted by Crippen LogP contribution is 2.03. The zero-order valence-corrected chi connectivity index (χ0v) is 9.87. The van der Waals surface area contributed by atoms with E-state index in [2.05, 4.69) is 24.3 Å². The normalized spacial score (nSPS) is 10.7. The van der Waals surface area contributed by atoms with Crippen molar-refractivity contribution in [3.63, 3.8) is 0 Å². The third kappa shape index (κ3) is 3.08. The predicted molar refractivity (Wildman–Crippen MR) is 59.8 cm³/mol. The summed E-state index contributed by atoms with van der Waals surface area (Å²) >= 11 is 0. The van der Waals surface area contributed by atoms with Crippen LogP contribution in [-0.4, -0.2) is 22.2 Å². The lowest BCUT2D eigenvalue weighted by Crippen LogP contribution is -2.28. The van der Waals surface area contributed by atoms with Crippen LogP contribution in [0.1, 0.15) is 37.0 Å². The minimum atomic E-state index is -0.0431. The van der Waals surface area contributed by atoms with Gasteiger partial charge < -0.3 is 5.32 Å². The molecule has 0 aliphatic rings. The van der Waals surface area contributed by atoms with Crippen LogP contribution < -0.4 is 5.32 Å². The number of nitrogens with zero attached hydrogens (tertiary/aromatic N) is 2. The minimum Gasteiger partial charge on any atom is -0.350 e. The van der Waals surface area contributed by atoms with E-state index in [0.29, 0.717) is 18.2 Å². The Morgan fingerprint density at radius 2 is 2.27 bits per heavy atom. The van der Waals surface area contributed by atoms with Crippen LogP contribution in [0.15, 0.2) is 6.07 Å². The van der Waals surface area contributed by atoms with Gasteiger partial charge in [0.2, 0.25) is 0 Å². The fourth-order valence-corrected chi connectivity index (χ4v) is 1.30. The molecule has 15 heavy (non-hydrogen) atoms. The lowest BCUT2D eigenvalue weighted by atomic mass is 10.2. The molecule has 0 fully saturated rings. The molecule has 0 saturated carbocycles. The van der Waals surface area contributed by atoms with Crippen LogP contribution in [0.3, 0.4) is 0 Å². The number of aryl methyl sites for hydroxylation is 2. The summed E-state index contributed by atoms with van der Waals surface area (Å²) in [6.07, 6.45) is 0.852. The highest BCUT2D eigenvalue weighted by atomic mass is 16.2. The molecule has 0 saturated heterocycles. The lowest BCUT2D eigenvalue weighted by molar-refractivity contribution is 0.0939. The van der Waals surface area contributed by atoms with Gasteiger partial charge in [-0.2, -0.15) is 5.10 Å². The number of carbonyl (C=O) groups excluding carboxylic acids is 1. The summed E-state index contributed by atoms with van der Waals surface area (Å²) < 4.78 is 1.63. The van der Waals surface area contributed by atoms with Crippen molar-refractivity contribution in [1.29, 1.82) is 0 Å². The van der Waals surface area contributed by atoms with Crippen molar-refractivity contribution in [2.24, 2.45) is 13.0 Å². The molecule has 4 nitrogen and oxygen atoms in total. The molecule has 1 aromatic rings. The van der Waals surface area contributed by atoms with Gasteiger partial charge in [-0.15, -0.1) is 0 Å². The molecule has 0 unspecified atom stereocenters. The Morgan fingerprint density at radius 3 is 2.73 bits per heavy atom. The first-order valence-electron chi connectivity index (χ1n) is 5.35. The third-order valence-electron chi connectivity index (χ3n) is 2.20. The maximum absolute atomic E-state index is 11.7. The highest BCUT2D eigenvalue weighted by Gasteiger charge is 2.12. The topological polar surface area (TPSA) is 46.9 Å². The van der Waals surface area contributed by atoms with E-state index < -0.39 is 0 Å². The zero-order chi connectivity index (χ0) is 11.4. The number of hydrogen-bond acceptors (Lipinski definition) is 2. The largest absolute Gasteiger partial charge is 0.350 e. The van der Waals surface area contributed by atoms with E-state index in [9.17, 15) is 4.79 Å². The maximum Gasteiger partial charge on any atom is 0.269 e. The molecule has 1 amide bonds. The van der Waals surface area contributed by atoms with Gasteiger partial charge in [-0.1, -0.05) is 20.8 Å². The Kier molecular flexibility index (Phi) is 3.88. The molecule has 84 valence electrons. The van der Waals surface area contributed by atoms with Crippen molar-refractivity contribution in [1.82, 2.24) is 15.1 Å². The number of amides is 1. The summed E-state index contributed by atoms with van der Waals surface area (Å²) in [5.41, 5.74) is 1.58. The predicted octanol–water partition coefficient (Wildman–Crippen LogP) is 1.37. The molecule has 4 heteroatoms. The van der Waals surface area contributed by atoms with Crippen molar-refractivity contribution < 1.29 is 4.79 Å². The van der Waals surface area contributed by atoms with Gasteiger partial charge in [-0.3, -0.25) is 9.48 Å². The van der Waals surface area contributed by atoms with Gasteiger partial charge in [0.15, 0.2) is 0 Å². The molecule has 0 aromatic carbocycles. The van der Waals surface area contributed by atoms with E-state index in [1.807, 2.05) is 13.0 Å². The van der Waals surface area contributed by atoms with Gasteiger partial charge in [0.25, 0.3) is 5.91 Å². The second kappa shape index (κ2) is 4.96. The Bertz CT molecular complexity index is 342. The molecule has 1 rings (SSSR count). The van der Waals surface area contributed by atoms with Gasteiger partial charge in [-0.25, -0.2) is 0 Å². The summed E-state index contributed by atoms with van der Waals surface area (Å²) in [7, 11) is 1.80. The smallest absolute Gasteiger partial charge is 0.269 e. The van der Waals surface area contributed by atoms with Gasteiger partial charge >= 0.3 is 0 Å². The first-order chi connectivity index (χ1) is 7.04. The summed E-state index contributed by atoms with van der Waals surface area (Å²) in [5, 5.41) is 7.11. The number of carbonyl (C=O) groups is 1. The van der Waals surface area contributed by atoms with Crippen molar-refractivity contribution in [3.8, 4) is 0 Å². The minimum absolute atomic E-state index is 0.0431. The fraction of sp³-hybridized carbons (Fsp3) is 0.636. The average Bonchev–Trinajstić information content (AvgIpc) is 2.56. The Morgan fingerprint density at radius 1 is 1.60 bits per heavy atom. The van der Waals surface area contributed by atoms with E-state index in [-0.39, 0.29) is 5.91 Å². The number of hydrogen-bond donors (Lipinski definition) is 1. The number of nitrogens with one attached hydrogen (secondary N) is 1. The van der Waals surface area contributed by atoms with Gasteiger partial charge in [0, 0.05) is 13.6 Å². The molecular weight excluding hydrogens is 190 g/mol. The number of aromatic nitrogens is 2. The van der Waals surface area contributed by atoms with E-state index in [4.69, 9.17) is 0 Å². The SMILES string of the molecule is CCc1cc(C(=O)NCC(C)C)n(C)n1. The van der Waals surface area contributed by atoms with Crippen LogP contribution in [0.25, 0.3) is 0 Å². The Hall–Kier alpha value is -1.32. The molecule has 0 aliphatic heterocycles. The molecule has 0 aliphatic carbocycles. The molecule has 0 spiro atoms. The van der Waals surface area contributed by atoms with Crippen LogP contribution >= 0.6 is 0 Å². The first kappa shape index (κ1) is 11.8. The lowest BCUT2D eigenvalue weighted by Gasteiger charge is -2.07. The maximum atomic E-state index is 11.7. The molecule has 0 bridgehead atoms. The van der Waals surface area contributed by atoms with E-state index in [1.54, 1.807) is 11.7 Å². The van der Waals surface area contributed by atoms with Gasteiger partial charge in [0.05, 0.1) is 5.69 Å². The fourth-order valence-electron chi connectivity index (χ4n) is 1.30. The standard InChI is InChI=1S/C11H19N3O/c1-5-9-6-10(14(4)13-9)11(15)12-7-8(2)3/h6,8H,5,7H2,1-4H3,(H,12,15). The van der Waals surface area contributed by atoms with Crippen molar-refractivity contribution in [3.05, 3.63) is 17.5 Å². The summed E-state index contributed by atoms with van der Waals surface area (Å²) in [4.78, 5) is 11.7. The van der Waals surface area contributed by atoms with Crippen LogP contribution in [0.5, 0.6) is 0 Å². The average molecular weight is 209 g/mol. The molecule has 0 atom stereocenters. The molecule has 0 radical (unpaired) electrons. The quantitative estimate of drug-likeness (QED) is 0.814. The van der Waals surface area contributed by atoms with Crippen molar-refractivity contribution in [2.45, 2.75) is 27.2 Å². The second-order valence-electron chi connectivity index (χ2n) is 4.10. The summed E-state index contributed by atoms with van der Waals surface area (Å²) in [6.45, 7) is 6.87. The highest BCUT2D eigenvalue weighted by molar-refractivity contribution is 5.92. The van der Waals surface area contributed by atoms with Gasteiger partial charge in [-0.05, 0) is 18.4 Å². The van der Waals surface area contributed by atoms with E-state index >= 15 is 0 Å². The Labute approximate surface area is 90.7 Å². The summed E-state index contributed by atoms with van der Waals surface area (Å²) in [5.74, 6) is 0.422. The molecule has 1 N–H and O–H groups in total. The first-order valence-corrected chi connectivity index (χ1v) is 5.35. The van der Waals surface area contributed by atoms with Crippen molar-refractivity contribution >= 4 is 5.91 Å². The Balaban J connectivity index is 2.68.